The number of nitrogens with two attached hydrogens (primary N) is 2. The van der Waals surface area contributed by atoms with E-state index < -0.39 is 48.9 Å². The SMILES string of the molecule is CC(=O)[O-].NC(N)=[NH+]C(=O)CC1c2cc(Cl)c(Cl)cc2C(=O)N1CC(F)(F)F. The monoisotopic (exact) mass is 442 g/mol. The van der Waals surface area contributed by atoms with Crippen LogP contribution in [0.3, 0.4) is 0 Å². The number of carbonyl (C=O) groups excluding carboxylic acids is 3. The molecule has 0 fully saturated rings. The highest BCUT2D eigenvalue weighted by molar-refractivity contribution is 6.42. The number of fused-ring (bicyclic) bond motifs is 1. The van der Waals surface area contributed by atoms with Crippen molar-refractivity contribution in [1.29, 1.82) is 0 Å². The number of guanidine groups is 1. The Bertz CT molecular complexity index is 822. The molecule has 0 aromatic heterocycles. The molecule has 154 valence electrons. The van der Waals surface area contributed by atoms with Crippen LogP contribution in [-0.4, -0.2) is 41.4 Å². The van der Waals surface area contributed by atoms with Crippen molar-refractivity contribution in [2.75, 3.05) is 6.54 Å². The van der Waals surface area contributed by atoms with Crippen LogP contribution in [0.4, 0.5) is 13.2 Å². The first-order valence-electron chi connectivity index (χ1n) is 7.45. The third kappa shape index (κ3) is 6.57. The number of nitrogens with zero attached hydrogens (tertiary/aromatic N) is 1. The lowest BCUT2D eigenvalue weighted by Crippen LogP contribution is -2.82. The molecule has 28 heavy (non-hydrogen) atoms. The summed E-state index contributed by atoms with van der Waals surface area (Å²) in [6, 6.07) is 1.30. The van der Waals surface area contributed by atoms with Crippen molar-refractivity contribution < 1.29 is 37.7 Å². The summed E-state index contributed by atoms with van der Waals surface area (Å²) < 4.78 is 38.4. The molecule has 5 N–H and O–H groups in total. The Hall–Kier alpha value is -2.53. The fourth-order valence-corrected chi connectivity index (χ4v) is 2.81. The molecule has 13 heteroatoms. The van der Waals surface area contributed by atoms with Crippen molar-refractivity contribution >= 4 is 46.9 Å². The molecule has 1 aromatic rings. The van der Waals surface area contributed by atoms with E-state index in [4.69, 9.17) is 44.6 Å². The minimum absolute atomic E-state index is 0.0281. The first-order chi connectivity index (χ1) is 12.7. The maximum absolute atomic E-state index is 12.8. The van der Waals surface area contributed by atoms with Crippen LogP contribution < -0.4 is 21.6 Å². The highest BCUT2D eigenvalue weighted by Gasteiger charge is 2.44. The van der Waals surface area contributed by atoms with Crippen molar-refractivity contribution in [3.05, 3.63) is 33.3 Å². The molecular formula is C15H15Cl2F3N4O4. The largest absolute Gasteiger partial charge is 0.550 e. The van der Waals surface area contributed by atoms with Gasteiger partial charge in [-0.3, -0.25) is 21.1 Å². The van der Waals surface area contributed by atoms with Crippen LogP contribution in [0.15, 0.2) is 12.1 Å². The van der Waals surface area contributed by atoms with E-state index in [1.165, 1.54) is 12.1 Å². The van der Waals surface area contributed by atoms with E-state index in [0.29, 0.717) is 4.90 Å². The molecule has 0 saturated heterocycles. The fourth-order valence-electron chi connectivity index (χ4n) is 2.47. The Balaban J connectivity index is 0.000000892. The van der Waals surface area contributed by atoms with Gasteiger partial charge in [0.05, 0.1) is 22.5 Å². The number of hydrogen-bond acceptors (Lipinski definition) is 4. The second-order valence-electron chi connectivity index (χ2n) is 5.62. The number of aliphatic carboxylic acids is 1. The number of amides is 2. The summed E-state index contributed by atoms with van der Waals surface area (Å²) in [5, 5.41) is 8.98. The van der Waals surface area contributed by atoms with E-state index in [9.17, 15) is 22.8 Å². The van der Waals surface area contributed by atoms with Gasteiger partial charge in [-0.15, -0.1) is 0 Å². The number of nitrogens with one attached hydrogen (secondary N) is 1. The lowest BCUT2D eigenvalue weighted by molar-refractivity contribution is -0.380. The van der Waals surface area contributed by atoms with Gasteiger partial charge in [0.25, 0.3) is 11.8 Å². The summed E-state index contributed by atoms with van der Waals surface area (Å²) in [5.41, 5.74) is 10.4. The third-order valence-corrected chi connectivity index (χ3v) is 4.05. The van der Waals surface area contributed by atoms with Gasteiger partial charge in [-0.25, -0.2) is 4.99 Å². The molecule has 8 nitrogen and oxygen atoms in total. The van der Waals surface area contributed by atoms with E-state index in [1.54, 1.807) is 0 Å². The maximum atomic E-state index is 12.8. The van der Waals surface area contributed by atoms with Crippen molar-refractivity contribution in [3.8, 4) is 0 Å². The Labute approximate surface area is 166 Å². The van der Waals surface area contributed by atoms with Gasteiger partial charge in [-0.1, -0.05) is 23.2 Å². The molecule has 1 aromatic carbocycles. The van der Waals surface area contributed by atoms with Crippen molar-refractivity contribution in [2.45, 2.75) is 25.6 Å². The smallest absolute Gasteiger partial charge is 0.406 e. The van der Waals surface area contributed by atoms with Gasteiger partial charge in [-0.2, -0.15) is 13.2 Å². The van der Waals surface area contributed by atoms with Gasteiger partial charge in [0.1, 0.15) is 6.54 Å². The molecule has 0 radical (unpaired) electrons. The van der Waals surface area contributed by atoms with E-state index in [1.807, 2.05) is 0 Å². The highest BCUT2D eigenvalue weighted by Crippen LogP contribution is 2.41. The molecule has 0 spiro atoms. The van der Waals surface area contributed by atoms with Crippen LogP contribution in [0.2, 0.25) is 10.0 Å². The fraction of sp³-hybridized carbons (Fsp3) is 0.333. The summed E-state index contributed by atoms with van der Waals surface area (Å²) >= 11 is 11.7. The van der Waals surface area contributed by atoms with Crippen molar-refractivity contribution in [2.24, 2.45) is 11.5 Å². The van der Waals surface area contributed by atoms with Gasteiger partial charge in [0, 0.05) is 11.5 Å². The lowest BCUT2D eigenvalue weighted by atomic mass is 10.0. The molecule has 2 amide bonds. The summed E-state index contributed by atoms with van der Waals surface area (Å²) in [6.45, 7) is -0.546. The standard InChI is InChI=1S/C13H11Cl2F3N4O2.C2H4O2/c14-7-1-5-6(2-8(7)15)11(24)22(4-13(16,17)18)9(5)3-10(23)21-12(19)20;1-2(3)4/h1-2,9H,3-4H2,(H4,19,20,21,23);1H3,(H,3,4). The number of alkyl halides is 3. The Morgan fingerprint density at radius 3 is 2.21 bits per heavy atom. The number of carboxylic acids is 1. The van der Waals surface area contributed by atoms with Gasteiger partial charge in [-0.05, 0) is 24.6 Å². The van der Waals surface area contributed by atoms with E-state index in [0.717, 1.165) is 6.92 Å². The maximum Gasteiger partial charge on any atom is 0.406 e. The molecule has 1 atom stereocenters. The average Bonchev–Trinajstić information content (AvgIpc) is 2.70. The highest BCUT2D eigenvalue weighted by atomic mass is 35.5. The van der Waals surface area contributed by atoms with Gasteiger partial charge in [0.15, 0.2) is 0 Å². The quantitative estimate of drug-likeness (QED) is 0.407. The number of carboxylic acid groups (broad SMARTS) is 1. The zero-order chi connectivity index (χ0) is 21.8. The van der Waals surface area contributed by atoms with E-state index in [2.05, 4.69) is 4.99 Å². The Morgan fingerprint density at radius 2 is 1.75 bits per heavy atom. The number of carbonyl (C=O) groups is 3. The molecular weight excluding hydrogens is 428 g/mol. The first kappa shape index (κ1) is 23.5. The van der Waals surface area contributed by atoms with Crippen LogP contribution in [0.1, 0.15) is 35.3 Å². The van der Waals surface area contributed by atoms with Gasteiger partial charge < -0.3 is 14.8 Å². The lowest BCUT2D eigenvalue weighted by Gasteiger charge is -2.25. The molecule has 0 saturated carbocycles. The molecule has 0 aliphatic carbocycles. The minimum atomic E-state index is -4.64. The zero-order valence-corrected chi connectivity index (χ0v) is 15.8. The summed E-state index contributed by atoms with van der Waals surface area (Å²) in [5.74, 6) is -3.11. The minimum Gasteiger partial charge on any atom is -0.550 e. The summed E-state index contributed by atoms with van der Waals surface area (Å²) in [4.78, 5) is 35.6. The second kappa shape index (κ2) is 9.11. The third-order valence-electron chi connectivity index (χ3n) is 3.33. The van der Waals surface area contributed by atoms with Crippen LogP contribution >= 0.6 is 23.2 Å². The molecule has 1 aliphatic heterocycles. The first-order valence-corrected chi connectivity index (χ1v) is 8.20. The summed E-state index contributed by atoms with van der Waals surface area (Å²) in [6.07, 6.45) is -5.11. The average molecular weight is 443 g/mol. The van der Waals surface area contributed by atoms with Crippen LogP contribution in [0.5, 0.6) is 0 Å². The number of benzene rings is 1. The van der Waals surface area contributed by atoms with Gasteiger partial charge >= 0.3 is 12.1 Å². The molecule has 2 rings (SSSR count). The Kier molecular flexibility index (Phi) is 7.65. The van der Waals surface area contributed by atoms with Crippen molar-refractivity contribution in [1.82, 2.24) is 4.90 Å². The van der Waals surface area contributed by atoms with E-state index in [-0.39, 0.29) is 21.2 Å². The van der Waals surface area contributed by atoms with Crippen LogP contribution in [0, 0.1) is 0 Å². The van der Waals surface area contributed by atoms with Crippen molar-refractivity contribution in [3.63, 3.8) is 0 Å². The van der Waals surface area contributed by atoms with E-state index >= 15 is 0 Å². The Morgan fingerprint density at radius 1 is 1.25 bits per heavy atom. The zero-order valence-electron chi connectivity index (χ0n) is 14.3. The molecule has 1 unspecified atom stereocenters. The second-order valence-corrected chi connectivity index (χ2v) is 6.43. The molecule has 1 heterocycles. The molecule has 0 bridgehead atoms. The number of hydrogen-bond donors (Lipinski definition) is 3. The predicted octanol–water partition coefficient (Wildman–Crippen LogP) is -0.920. The number of rotatable bonds is 3. The normalized spacial score (nSPS) is 15.4. The predicted molar refractivity (Wildman–Crippen MR) is 90.9 cm³/mol. The summed E-state index contributed by atoms with van der Waals surface area (Å²) in [7, 11) is 0. The van der Waals surface area contributed by atoms with Crippen LogP contribution in [-0.2, 0) is 9.59 Å². The van der Waals surface area contributed by atoms with Gasteiger partial charge in [0.2, 0.25) is 0 Å². The van der Waals surface area contributed by atoms with Crippen LogP contribution in [0.25, 0.3) is 0 Å². The molecule has 1 aliphatic rings. The number of halogens is 5. The topological polar surface area (TPSA) is 144 Å².